The van der Waals surface area contributed by atoms with E-state index in [1.165, 1.54) is 0 Å². The lowest BCUT2D eigenvalue weighted by Gasteiger charge is -2.09. The molecular weight excluding hydrogens is 416 g/mol. The van der Waals surface area contributed by atoms with Crippen LogP contribution in [0.15, 0.2) is 94.9 Å². The molecule has 0 amide bonds. The highest BCUT2D eigenvalue weighted by atomic mass is 35.5. The van der Waals surface area contributed by atoms with E-state index in [-0.39, 0.29) is 6.61 Å². The van der Waals surface area contributed by atoms with Crippen molar-refractivity contribution in [1.29, 1.82) is 0 Å². The van der Waals surface area contributed by atoms with Gasteiger partial charge in [-0.1, -0.05) is 78.0 Å². The summed E-state index contributed by atoms with van der Waals surface area (Å²) in [6, 6.07) is 26.7. The molecule has 0 bridgehead atoms. The van der Waals surface area contributed by atoms with E-state index in [2.05, 4.69) is 0 Å². The molecule has 0 saturated carbocycles. The van der Waals surface area contributed by atoms with Crippen LogP contribution in [0.5, 0.6) is 0 Å². The Labute approximate surface area is 184 Å². The fourth-order valence-electron chi connectivity index (χ4n) is 3.07. The number of rotatable bonds is 6. The summed E-state index contributed by atoms with van der Waals surface area (Å²) in [7, 11) is 1.90. The molecule has 0 spiro atoms. The Balaban J connectivity index is 1.67. The molecular formula is C24H19ClN2O2S. The van der Waals surface area contributed by atoms with Gasteiger partial charge in [-0.2, -0.15) is 5.10 Å². The second-order valence-electron chi connectivity index (χ2n) is 6.62. The van der Waals surface area contributed by atoms with Gasteiger partial charge in [0.25, 0.3) is 0 Å². The lowest BCUT2D eigenvalue weighted by atomic mass is 10.1. The zero-order valence-corrected chi connectivity index (χ0v) is 17.9. The van der Waals surface area contributed by atoms with Gasteiger partial charge in [-0.15, -0.1) is 0 Å². The van der Waals surface area contributed by atoms with E-state index < -0.39 is 5.97 Å². The molecule has 0 aliphatic heterocycles. The van der Waals surface area contributed by atoms with Crippen LogP contribution >= 0.6 is 23.4 Å². The van der Waals surface area contributed by atoms with E-state index in [1.807, 2.05) is 72.4 Å². The fraction of sp³-hybridized carbons (Fsp3) is 0.0833. The molecule has 150 valence electrons. The monoisotopic (exact) mass is 434 g/mol. The van der Waals surface area contributed by atoms with Crippen molar-refractivity contribution >= 4 is 29.3 Å². The number of ether oxygens (including phenoxy) is 1. The van der Waals surface area contributed by atoms with Crippen LogP contribution in [0.2, 0.25) is 5.02 Å². The standard InChI is InChI=1S/C24H19ClN2O2S/c1-27-23(30-20-13-6-3-7-14-20)21(22(26-27)17-9-4-2-5-10-17)16-29-24(28)18-11-8-12-19(25)15-18/h2-15H,16H2,1H3. The van der Waals surface area contributed by atoms with Gasteiger partial charge in [0.2, 0.25) is 0 Å². The number of nitrogens with zero attached hydrogens (tertiary/aromatic N) is 2. The van der Waals surface area contributed by atoms with Crippen molar-refractivity contribution in [2.75, 3.05) is 0 Å². The van der Waals surface area contributed by atoms with Crippen molar-refractivity contribution in [2.45, 2.75) is 16.5 Å². The smallest absolute Gasteiger partial charge is 0.338 e. The molecule has 6 heteroatoms. The van der Waals surface area contributed by atoms with Crippen LogP contribution in [0.4, 0.5) is 0 Å². The molecule has 4 rings (SSSR count). The van der Waals surface area contributed by atoms with Gasteiger partial charge in [0.05, 0.1) is 5.56 Å². The number of halogens is 1. The Morgan fingerprint density at radius 1 is 1.00 bits per heavy atom. The summed E-state index contributed by atoms with van der Waals surface area (Å²) in [6.45, 7) is 0.110. The molecule has 0 saturated heterocycles. The average molecular weight is 435 g/mol. The number of esters is 1. The summed E-state index contributed by atoms with van der Waals surface area (Å²) in [5.74, 6) is -0.420. The number of hydrogen-bond acceptors (Lipinski definition) is 4. The quantitative estimate of drug-likeness (QED) is 0.336. The van der Waals surface area contributed by atoms with Gasteiger partial charge < -0.3 is 4.74 Å². The van der Waals surface area contributed by atoms with E-state index in [0.29, 0.717) is 10.6 Å². The first-order valence-corrected chi connectivity index (χ1v) is 10.6. The van der Waals surface area contributed by atoms with Gasteiger partial charge >= 0.3 is 5.97 Å². The van der Waals surface area contributed by atoms with Crippen molar-refractivity contribution in [1.82, 2.24) is 9.78 Å². The Morgan fingerprint density at radius 2 is 1.70 bits per heavy atom. The van der Waals surface area contributed by atoms with Crippen LogP contribution in [-0.2, 0) is 18.4 Å². The average Bonchev–Trinajstić information content (AvgIpc) is 3.08. The maximum atomic E-state index is 12.6. The van der Waals surface area contributed by atoms with E-state index in [0.717, 1.165) is 26.7 Å². The topological polar surface area (TPSA) is 44.1 Å². The lowest BCUT2D eigenvalue weighted by molar-refractivity contribution is 0.0470. The first-order chi connectivity index (χ1) is 14.6. The summed E-state index contributed by atoms with van der Waals surface area (Å²) in [4.78, 5) is 13.7. The first kappa shape index (κ1) is 20.3. The Hall–Kier alpha value is -3.02. The second-order valence-corrected chi connectivity index (χ2v) is 8.12. The van der Waals surface area contributed by atoms with Gasteiger partial charge in [-0.05, 0) is 30.3 Å². The molecule has 0 N–H and O–H groups in total. The number of benzene rings is 3. The van der Waals surface area contributed by atoms with Crippen LogP contribution in [0.25, 0.3) is 11.3 Å². The maximum Gasteiger partial charge on any atom is 0.338 e. The van der Waals surface area contributed by atoms with E-state index in [9.17, 15) is 4.79 Å². The molecule has 0 atom stereocenters. The molecule has 1 heterocycles. The van der Waals surface area contributed by atoms with Crippen molar-refractivity contribution in [3.63, 3.8) is 0 Å². The Bertz CT molecular complexity index is 1160. The highest BCUT2D eigenvalue weighted by Gasteiger charge is 2.20. The SMILES string of the molecule is Cn1nc(-c2ccccc2)c(COC(=O)c2cccc(Cl)c2)c1Sc1ccccc1. The molecule has 4 nitrogen and oxygen atoms in total. The van der Waals surface area contributed by atoms with Crippen molar-refractivity contribution in [3.05, 3.63) is 101 Å². The Kier molecular flexibility index (Phi) is 6.21. The minimum absolute atomic E-state index is 0.110. The predicted molar refractivity (Wildman–Crippen MR) is 120 cm³/mol. The summed E-state index contributed by atoms with van der Waals surface area (Å²) in [5.41, 5.74) is 3.06. The fourth-order valence-corrected chi connectivity index (χ4v) is 4.23. The van der Waals surface area contributed by atoms with Crippen LogP contribution in [0.1, 0.15) is 15.9 Å². The third kappa shape index (κ3) is 4.58. The van der Waals surface area contributed by atoms with Crippen LogP contribution in [-0.4, -0.2) is 15.7 Å². The summed E-state index contributed by atoms with van der Waals surface area (Å²) in [6.07, 6.45) is 0. The summed E-state index contributed by atoms with van der Waals surface area (Å²) >= 11 is 7.60. The van der Waals surface area contributed by atoms with E-state index >= 15 is 0 Å². The van der Waals surface area contributed by atoms with Crippen molar-refractivity contribution in [3.8, 4) is 11.3 Å². The zero-order valence-electron chi connectivity index (χ0n) is 16.3. The molecule has 1 aromatic heterocycles. The molecule has 4 aromatic rings. The maximum absolute atomic E-state index is 12.6. The van der Waals surface area contributed by atoms with E-state index in [4.69, 9.17) is 21.4 Å². The number of hydrogen-bond donors (Lipinski definition) is 0. The highest BCUT2D eigenvalue weighted by Crippen LogP contribution is 2.36. The van der Waals surface area contributed by atoms with Crippen LogP contribution in [0, 0.1) is 0 Å². The zero-order chi connectivity index (χ0) is 20.9. The molecule has 0 unspecified atom stereocenters. The van der Waals surface area contributed by atoms with Gasteiger partial charge in [0.1, 0.15) is 17.3 Å². The molecule has 3 aromatic carbocycles. The van der Waals surface area contributed by atoms with Crippen LogP contribution < -0.4 is 0 Å². The van der Waals surface area contributed by atoms with Gasteiger partial charge in [-0.3, -0.25) is 4.68 Å². The molecule has 0 aliphatic carbocycles. The van der Waals surface area contributed by atoms with Gasteiger partial charge in [0, 0.05) is 28.1 Å². The second kappa shape index (κ2) is 9.20. The number of aryl methyl sites for hydroxylation is 1. The molecule has 30 heavy (non-hydrogen) atoms. The molecule has 0 fully saturated rings. The number of carbonyl (C=O) groups excluding carboxylic acids is 1. The van der Waals surface area contributed by atoms with Crippen LogP contribution in [0.3, 0.4) is 0 Å². The minimum Gasteiger partial charge on any atom is -0.457 e. The third-order valence-corrected chi connectivity index (χ3v) is 5.95. The third-order valence-electron chi connectivity index (χ3n) is 4.50. The molecule has 0 radical (unpaired) electrons. The van der Waals surface area contributed by atoms with Gasteiger partial charge in [0.15, 0.2) is 0 Å². The first-order valence-electron chi connectivity index (χ1n) is 9.38. The number of carbonyl (C=O) groups is 1. The Morgan fingerprint density at radius 3 is 2.40 bits per heavy atom. The predicted octanol–water partition coefficient (Wildman–Crippen LogP) is 6.25. The highest BCUT2D eigenvalue weighted by molar-refractivity contribution is 7.99. The normalized spacial score (nSPS) is 10.7. The molecule has 0 aliphatic rings. The summed E-state index contributed by atoms with van der Waals surface area (Å²) in [5, 5.41) is 6.15. The summed E-state index contributed by atoms with van der Waals surface area (Å²) < 4.78 is 7.49. The largest absolute Gasteiger partial charge is 0.457 e. The van der Waals surface area contributed by atoms with E-state index in [1.54, 1.807) is 36.0 Å². The van der Waals surface area contributed by atoms with Crippen molar-refractivity contribution in [2.24, 2.45) is 7.05 Å². The number of aromatic nitrogens is 2. The van der Waals surface area contributed by atoms with Crippen molar-refractivity contribution < 1.29 is 9.53 Å². The van der Waals surface area contributed by atoms with Gasteiger partial charge in [-0.25, -0.2) is 4.79 Å². The lowest BCUT2D eigenvalue weighted by Crippen LogP contribution is -2.06. The minimum atomic E-state index is -0.420.